The van der Waals surface area contributed by atoms with E-state index in [4.69, 9.17) is 16.3 Å². The maximum absolute atomic E-state index is 12.2. The molecule has 0 bridgehead atoms. The number of piperidine rings is 1. The van der Waals surface area contributed by atoms with Crippen LogP contribution < -0.4 is 10.6 Å². The number of hydrogen-bond acceptors (Lipinski definition) is 3. The molecule has 136 valence electrons. The molecule has 0 spiro atoms. The van der Waals surface area contributed by atoms with Gasteiger partial charge in [0.05, 0.1) is 6.10 Å². The summed E-state index contributed by atoms with van der Waals surface area (Å²) in [4.78, 5) is 12.2. The molecule has 2 rings (SSSR count). The Labute approximate surface area is 156 Å². The first-order valence-electron chi connectivity index (χ1n) is 8.35. The maximum Gasteiger partial charge on any atom is 0.220 e. The van der Waals surface area contributed by atoms with Crippen LogP contribution in [0.3, 0.4) is 0 Å². The summed E-state index contributed by atoms with van der Waals surface area (Å²) in [6.07, 6.45) is 2.85. The van der Waals surface area contributed by atoms with Gasteiger partial charge in [0.2, 0.25) is 5.91 Å². The molecule has 1 fully saturated rings. The highest BCUT2D eigenvalue weighted by Gasteiger charge is 2.22. The molecule has 1 aliphatic heterocycles. The number of nitrogens with one attached hydrogen (secondary N) is 2. The summed E-state index contributed by atoms with van der Waals surface area (Å²) in [5.41, 5.74) is 1.02. The fourth-order valence-corrected chi connectivity index (χ4v) is 3.24. The minimum atomic E-state index is -0.150. The summed E-state index contributed by atoms with van der Waals surface area (Å²) in [7, 11) is 1.65. The normalized spacial score (nSPS) is 19.9. The Morgan fingerprint density at radius 2 is 2.12 bits per heavy atom. The molecule has 0 aliphatic carbocycles. The second-order valence-electron chi connectivity index (χ2n) is 6.37. The van der Waals surface area contributed by atoms with Gasteiger partial charge in [-0.05, 0) is 55.5 Å². The Hall–Kier alpha value is -0.810. The van der Waals surface area contributed by atoms with Crippen molar-refractivity contribution in [3.8, 4) is 0 Å². The fourth-order valence-electron chi connectivity index (χ4n) is 3.12. The van der Waals surface area contributed by atoms with Crippen molar-refractivity contribution in [1.29, 1.82) is 0 Å². The van der Waals surface area contributed by atoms with Crippen LogP contribution in [-0.2, 0) is 9.53 Å². The van der Waals surface area contributed by atoms with Crippen molar-refractivity contribution in [2.24, 2.45) is 11.8 Å². The van der Waals surface area contributed by atoms with E-state index in [9.17, 15) is 4.79 Å². The lowest BCUT2D eigenvalue weighted by atomic mass is 9.85. The van der Waals surface area contributed by atoms with Crippen LogP contribution in [0.5, 0.6) is 0 Å². The van der Waals surface area contributed by atoms with Gasteiger partial charge in [0.1, 0.15) is 0 Å². The van der Waals surface area contributed by atoms with Crippen LogP contribution in [0.25, 0.3) is 0 Å². The highest BCUT2D eigenvalue weighted by atomic mass is 35.5. The molecule has 1 heterocycles. The zero-order chi connectivity index (χ0) is 16.7. The number of carbonyl (C=O) groups is 1. The maximum atomic E-state index is 12.2. The third-order valence-corrected chi connectivity index (χ3v) is 4.91. The Balaban J connectivity index is 0.00000288. The Morgan fingerprint density at radius 1 is 1.42 bits per heavy atom. The predicted octanol–water partition coefficient (Wildman–Crippen LogP) is 3.59. The molecule has 1 aromatic carbocycles. The lowest BCUT2D eigenvalue weighted by Gasteiger charge is -2.28. The van der Waals surface area contributed by atoms with Gasteiger partial charge in [0.15, 0.2) is 0 Å². The summed E-state index contributed by atoms with van der Waals surface area (Å²) < 4.78 is 5.48. The van der Waals surface area contributed by atoms with E-state index >= 15 is 0 Å². The quantitative estimate of drug-likeness (QED) is 0.766. The summed E-state index contributed by atoms with van der Waals surface area (Å²) in [5, 5.41) is 7.11. The van der Waals surface area contributed by atoms with Crippen molar-refractivity contribution in [2.45, 2.75) is 32.3 Å². The van der Waals surface area contributed by atoms with E-state index in [0.717, 1.165) is 18.7 Å². The lowest BCUT2D eigenvalue weighted by molar-refractivity contribution is -0.122. The minimum absolute atomic E-state index is 0. The predicted molar refractivity (Wildman–Crippen MR) is 101 cm³/mol. The first-order chi connectivity index (χ1) is 11.1. The summed E-state index contributed by atoms with van der Waals surface area (Å²) in [6.45, 7) is 4.78. The third kappa shape index (κ3) is 6.60. The zero-order valence-electron chi connectivity index (χ0n) is 14.4. The second kappa shape index (κ2) is 10.9. The number of benzene rings is 1. The Kier molecular flexibility index (Phi) is 9.67. The highest BCUT2D eigenvalue weighted by Crippen LogP contribution is 2.23. The number of ether oxygens (including phenoxy) is 1. The molecule has 1 aromatic rings. The van der Waals surface area contributed by atoms with E-state index in [0.29, 0.717) is 29.8 Å². The van der Waals surface area contributed by atoms with Crippen molar-refractivity contribution < 1.29 is 9.53 Å². The lowest BCUT2D eigenvalue weighted by Crippen LogP contribution is -2.36. The van der Waals surface area contributed by atoms with Gasteiger partial charge in [-0.15, -0.1) is 12.4 Å². The van der Waals surface area contributed by atoms with E-state index in [1.807, 2.05) is 24.3 Å². The monoisotopic (exact) mass is 374 g/mol. The first-order valence-corrected chi connectivity index (χ1v) is 8.73. The highest BCUT2D eigenvalue weighted by molar-refractivity contribution is 6.30. The van der Waals surface area contributed by atoms with Crippen LogP contribution >= 0.6 is 24.0 Å². The van der Waals surface area contributed by atoms with Gasteiger partial charge in [-0.25, -0.2) is 0 Å². The Morgan fingerprint density at radius 3 is 2.71 bits per heavy atom. The van der Waals surface area contributed by atoms with Crippen LogP contribution in [0.2, 0.25) is 5.02 Å². The fraction of sp³-hybridized carbons (Fsp3) is 0.611. The van der Waals surface area contributed by atoms with Crippen LogP contribution in [0.4, 0.5) is 0 Å². The van der Waals surface area contributed by atoms with E-state index in [1.54, 1.807) is 7.11 Å². The van der Waals surface area contributed by atoms with E-state index < -0.39 is 0 Å². The smallest absolute Gasteiger partial charge is 0.220 e. The first kappa shape index (κ1) is 21.2. The SMILES string of the molecule is COC(CNC(=O)CC(C)C1CCCNC1)c1ccc(Cl)cc1.Cl. The van der Waals surface area contributed by atoms with E-state index in [2.05, 4.69) is 17.6 Å². The number of rotatable bonds is 7. The molecular formula is C18H28Cl2N2O2. The number of hydrogen-bond donors (Lipinski definition) is 2. The summed E-state index contributed by atoms with van der Waals surface area (Å²) >= 11 is 5.90. The van der Waals surface area contributed by atoms with Crippen molar-refractivity contribution in [1.82, 2.24) is 10.6 Å². The Bertz CT molecular complexity index is 490. The molecule has 0 aromatic heterocycles. The average Bonchev–Trinajstić information content (AvgIpc) is 2.57. The van der Waals surface area contributed by atoms with Crippen molar-refractivity contribution in [3.63, 3.8) is 0 Å². The van der Waals surface area contributed by atoms with Gasteiger partial charge < -0.3 is 15.4 Å². The minimum Gasteiger partial charge on any atom is -0.375 e. The third-order valence-electron chi connectivity index (χ3n) is 4.66. The summed E-state index contributed by atoms with van der Waals surface area (Å²) in [5.74, 6) is 1.10. The van der Waals surface area contributed by atoms with E-state index in [-0.39, 0.29) is 24.4 Å². The molecule has 0 radical (unpaired) electrons. The van der Waals surface area contributed by atoms with Crippen LogP contribution in [0.1, 0.15) is 37.9 Å². The molecule has 3 unspecified atom stereocenters. The van der Waals surface area contributed by atoms with Crippen LogP contribution in [0.15, 0.2) is 24.3 Å². The molecule has 0 saturated carbocycles. The standard InChI is InChI=1S/C18H27ClN2O2.ClH/c1-13(15-4-3-9-20-11-15)10-18(22)21-12-17(23-2)14-5-7-16(19)8-6-14;/h5-8,13,15,17,20H,3-4,9-12H2,1-2H3,(H,21,22);1H. The largest absolute Gasteiger partial charge is 0.375 e. The van der Waals surface area contributed by atoms with Crippen molar-refractivity contribution in [3.05, 3.63) is 34.9 Å². The molecule has 1 saturated heterocycles. The second-order valence-corrected chi connectivity index (χ2v) is 6.80. The van der Waals surface area contributed by atoms with Gasteiger partial charge in [-0.2, -0.15) is 0 Å². The average molecular weight is 375 g/mol. The zero-order valence-corrected chi connectivity index (χ0v) is 16.0. The van der Waals surface area contributed by atoms with Crippen molar-refractivity contribution >= 4 is 29.9 Å². The van der Waals surface area contributed by atoms with Gasteiger partial charge in [-0.1, -0.05) is 30.7 Å². The number of methoxy groups -OCH3 is 1. The van der Waals surface area contributed by atoms with Crippen molar-refractivity contribution in [2.75, 3.05) is 26.7 Å². The van der Waals surface area contributed by atoms with E-state index in [1.165, 1.54) is 12.8 Å². The molecule has 1 amide bonds. The van der Waals surface area contributed by atoms with Crippen LogP contribution in [-0.4, -0.2) is 32.7 Å². The van der Waals surface area contributed by atoms with Gasteiger partial charge in [-0.3, -0.25) is 4.79 Å². The molecule has 3 atom stereocenters. The molecule has 24 heavy (non-hydrogen) atoms. The van der Waals surface area contributed by atoms with Gasteiger partial charge in [0.25, 0.3) is 0 Å². The van der Waals surface area contributed by atoms with Crippen LogP contribution in [0, 0.1) is 11.8 Å². The summed E-state index contributed by atoms with van der Waals surface area (Å²) in [6, 6.07) is 7.53. The number of amides is 1. The topological polar surface area (TPSA) is 50.4 Å². The van der Waals surface area contributed by atoms with Gasteiger partial charge in [0, 0.05) is 25.1 Å². The number of carbonyl (C=O) groups excluding carboxylic acids is 1. The molecular weight excluding hydrogens is 347 g/mol. The molecule has 2 N–H and O–H groups in total. The van der Waals surface area contributed by atoms with Gasteiger partial charge >= 0.3 is 0 Å². The molecule has 6 heteroatoms. The molecule has 4 nitrogen and oxygen atoms in total. The molecule has 1 aliphatic rings. The number of halogens is 2.